The van der Waals surface area contributed by atoms with Crippen molar-refractivity contribution in [1.29, 1.82) is 0 Å². The number of likely N-dealkylation sites (tertiary alicyclic amines) is 1. The van der Waals surface area contributed by atoms with E-state index in [4.69, 9.17) is 9.47 Å². The number of aromatic nitrogens is 3. The Kier molecular flexibility index (Phi) is 6.53. The number of benzene rings is 2. The Morgan fingerprint density at radius 2 is 1.69 bits per heavy atom. The van der Waals surface area contributed by atoms with E-state index in [1.54, 1.807) is 43.5 Å². The fourth-order valence-electron chi connectivity index (χ4n) is 4.40. The molecule has 2 aromatic carbocycles. The van der Waals surface area contributed by atoms with Gasteiger partial charge in [-0.2, -0.15) is 0 Å². The molecule has 9 nitrogen and oxygen atoms in total. The summed E-state index contributed by atoms with van der Waals surface area (Å²) >= 11 is 0. The lowest BCUT2D eigenvalue weighted by atomic mass is 9.95. The maximum atomic E-state index is 13.0. The van der Waals surface area contributed by atoms with Crippen LogP contribution in [0, 0.1) is 5.92 Å². The Bertz CT molecular complexity index is 1340. The molecule has 184 valence electrons. The van der Waals surface area contributed by atoms with Crippen LogP contribution in [0.1, 0.15) is 23.2 Å². The average Bonchev–Trinajstić information content (AvgIpc) is 3.37. The van der Waals surface area contributed by atoms with Crippen molar-refractivity contribution in [2.24, 2.45) is 5.92 Å². The molecule has 4 aromatic rings. The third-order valence-corrected chi connectivity index (χ3v) is 6.44. The van der Waals surface area contributed by atoms with Crippen molar-refractivity contribution in [3.63, 3.8) is 0 Å². The zero-order chi connectivity index (χ0) is 25.1. The highest BCUT2D eigenvalue weighted by Gasteiger charge is 2.28. The molecule has 0 saturated carbocycles. The zero-order valence-corrected chi connectivity index (χ0v) is 20.2. The van der Waals surface area contributed by atoms with Gasteiger partial charge in [-0.1, -0.05) is 12.1 Å². The van der Waals surface area contributed by atoms with E-state index in [2.05, 4.69) is 15.3 Å². The maximum absolute atomic E-state index is 13.0. The lowest BCUT2D eigenvalue weighted by Crippen LogP contribution is -2.41. The number of hydrogen-bond acceptors (Lipinski definition) is 6. The third kappa shape index (κ3) is 4.86. The van der Waals surface area contributed by atoms with Crippen LogP contribution >= 0.6 is 0 Å². The molecule has 2 amide bonds. The summed E-state index contributed by atoms with van der Waals surface area (Å²) in [5, 5.41) is 3.01. The number of nitrogens with zero attached hydrogens (tertiary/aromatic N) is 4. The van der Waals surface area contributed by atoms with Crippen molar-refractivity contribution in [3.05, 3.63) is 72.7 Å². The smallest absolute Gasteiger partial charge is 0.254 e. The number of fused-ring (bicyclic) bond motifs is 1. The van der Waals surface area contributed by atoms with Crippen LogP contribution in [0.2, 0.25) is 0 Å². The summed E-state index contributed by atoms with van der Waals surface area (Å²) in [6.07, 6.45) is 6.74. The standard InChI is InChI=1S/C27H27N5O4/c1-35-22-14-20(15-23(16-22)36-2)26(34)31-12-8-19(9-13-31)25(33)29-21-6-4-18(5-7-21)24-17-32-11-3-10-28-27(32)30-24/h3-7,10-11,14-17,19H,8-9,12-13H2,1-2H3,(H,29,33). The second-order valence-electron chi connectivity index (χ2n) is 8.69. The molecular weight excluding hydrogens is 458 g/mol. The number of carbonyl (C=O) groups is 2. The van der Waals surface area contributed by atoms with E-state index in [0.29, 0.717) is 48.8 Å². The number of nitrogens with one attached hydrogen (secondary N) is 1. The van der Waals surface area contributed by atoms with Crippen LogP contribution < -0.4 is 14.8 Å². The Morgan fingerprint density at radius 1 is 1.00 bits per heavy atom. The van der Waals surface area contributed by atoms with Crippen LogP contribution in [0.3, 0.4) is 0 Å². The fraction of sp³-hybridized carbons (Fsp3) is 0.259. The predicted octanol–water partition coefficient (Wildman–Crippen LogP) is 3.90. The number of amides is 2. The van der Waals surface area contributed by atoms with E-state index in [1.807, 2.05) is 47.1 Å². The largest absolute Gasteiger partial charge is 0.497 e. The molecule has 0 aliphatic carbocycles. The van der Waals surface area contributed by atoms with Gasteiger partial charge < -0.3 is 19.7 Å². The van der Waals surface area contributed by atoms with E-state index in [-0.39, 0.29) is 17.7 Å². The van der Waals surface area contributed by atoms with Gasteiger partial charge in [-0.25, -0.2) is 9.97 Å². The Hall–Kier alpha value is -4.40. The van der Waals surface area contributed by atoms with Crippen LogP contribution in [0.5, 0.6) is 11.5 Å². The number of ether oxygens (including phenoxy) is 2. The van der Waals surface area contributed by atoms with E-state index in [9.17, 15) is 9.59 Å². The SMILES string of the molecule is COc1cc(OC)cc(C(=O)N2CCC(C(=O)Nc3ccc(-c4cn5cccnc5n4)cc3)CC2)c1. The first kappa shape index (κ1) is 23.3. The molecule has 1 aliphatic heterocycles. The number of carbonyl (C=O) groups excluding carboxylic acids is 2. The highest BCUT2D eigenvalue weighted by Crippen LogP contribution is 2.26. The maximum Gasteiger partial charge on any atom is 0.254 e. The van der Waals surface area contributed by atoms with E-state index in [1.165, 1.54) is 0 Å². The second-order valence-corrected chi connectivity index (χ2v) is 8.69. The first-order valence-corrected chi connectivity index (χ1v) is 11.8. The topological polar surface area (TPSA) is 98.1 Å². The summed E-state index contributed by atoms with van der Waals surface area (Å²) in [5.41, 5.74) is 3.00. The van der Waals surface area contributed by atoms with Crippen molar-refractivity contribution < 1.29 is 19.1 Å². The Morgan fingerprint density at radius 3 is 2.33 bits per heavy atom. The highest BCUT2D eigenvalue weighted by molar-refractivity contribution is 5.96. The predicted molar refractivity (Wildman–Crippen MR) is 135 cm³/mol. The molecule has 1 aliphatic rings. The van der Waals surface area contributed by atoms with Crippen molar-refractivity contribution in [1.82, 2.24) is 19.3 Å². The van der Waals surface area contributed by atoms with Crippen LogP contribution in [-0.4, -0.2) is 58.4 Å². The highest BCUT2D eigenvalue weighted by atomic mass is 16.5. The van der Waals surface area contributed by atoms with E-state index in [0.717, 1.165) is 16.9 Å². The van der Waals surface area contributed by atoms with Crippen LogP contribution in [-0.2, 0) is 4.79 Å². The van der Waals surface area contributed by atoms with Gasteiger partial charge in [0.2, 0.25) is 11.7 Å². The average molecular weight is 486 g/mol. The number of hydrogen-bond donors (Lipinski definition) is 1. The molecular formula is C27H27N5O4. The molecule has 0 unspecified atom stereocenters. The molecule has 0 spiro atoms. The first-order chi connectivity index (χ1) is 17.5. The van der Waals surface area contributed by atoms with Crippen molar-refractivity contribution in [2.75, 3.05) is 32.6 Å². The molecule has 0 bridgehead atoms. The zero-order valence-electron chi connectivity index (χ0n) is 20.2. The lowest BCUT2D eigenvalue weighted by molar-refractivity contribution is -0.121. The number of imidazole rings is 1. The Balaban J connectivity index is 1.18. The minimum Gasteiger partial charge on any atom is -0.497 e. The monoisotopic (exact) mass is 485 g/mol. The van der Waals surface area contributed by atoms with Crippen LogP contribution in [0.4, 0.5) is 5.69 Å². The van der Waals surface area contributed by atoms with Gasteiger partial charge in [0.25, 0.3) is 5.91 Å². The first-order valence-electron chi connectivity index (χ1n) is 11.8. The molecule has 5 rings (SSSR count). The van der Waals surface area contributed by atoms with Gasteiger partial charge in [-0.3, -0.25) is 14.0 Å². The van der Waals surface area contributed by atoms with Gasteiger partial charge >= 0.3 is 0 Å². The molecule has 1 N–H and O–H groups in total. The minimum atomic E-state index is -0.155. The second kappa shape index (κ2) is 10.1. The summed E-state index contributed by atoms with van der Waals surface area (Å²) in [7, 11) is 3.11. The van der Waals surface area contributed by atoms with Crippen molar-refractivity contribution in [3.8, 4) is 22.8 Å². The van der Waals surface area contributed by atoms with Crippen LogP contribution in [0.25, 0.3) is 17.0 Å². The molecule has 1 saturated heterocycles. The summed E-state index contributed by atoms with van der Waals surface area (Å²) in [4.78, 5) is 36.4. The molecule has 3 heterocycles. The molecule has 0 radical (unpaired) electrons. The minimum absolute atomic E-state index is 0.0326. The molecule has 1 fully saturated rings. The molecule has 36 heavy (non-hydrogen) atoms. The van der Waals surface area contributed by atoms with Gasteiger partial charge in [0.15, 0.2) is 0 Å². The molecule has 9 heteroatoms. The van der Waals surface area contributed by atoms with Gasteiger partial charge in [0.05, 0.1) is 19.9 Å². The van der Waals surface area contributed by atoms with Gasteiger partial charge in [0.1, 0.15) is 11.5 Å². The normalized spacial score (nSPS) is 14.0. The molecule has 2 aromatic heterocycles. The van der Waals surface area contributed by atoms with E-state index >= 15 is 0 Å². The third-order valence-electron chi connectivity index (χ3n) is 6.44. The summed E-state index contributed by atoms with van der Waals surface area (Å²) in [5.74, 6) is 1.49. The van der Waals surface area contributed by atoms with Gasteiger partial charge in [-0.15, -0.1) is 0 Å². The summed E-state index contributed by atoms with van der Waals surface area (Å²) in [6, 6.07) is 14.6. The molecule has 0 atom stereocenters. The quantitative estimate of drug-likeness (QED) is 0.445. The number of piperidine rings is 1. The Labute approximate surface area is 208 Å². The number of anilines is 1. The lowest BCUT2D eigenvalue weighted by Gasteiger charge is -2.31. The summed E-state index contributed by atoms with van der Waals surface area (Å²) in [6.45, 7) is 1.02. The fourth-order valence-corrected chi connectivity index (χ4v) is 4.40. The number of rotatable bonds is 6. The number of methoxy groups -OCH3 is 2. The van der Waals surface area contributed by atoms with Gasteiger partial charge in [0, 0.05) is 60.5 Å². The van der Waals surface area contributed by atoms with Crippen molar-refractivity contribution >= 4 is 23.3 Å². The van der Waals surface area contributed by atoms with Crippen molar-refractivity contribution in [2.45, 2.75) is 12.8 Å². The summed E-state index contributed by atoms with van der Waals surface area (Å²) < 4.78 is 12.4. The van der Waals surface area contributed by atoms with Gasteiger partial charge in [-0.05, 0) is 43.2 Å². The van der Waals surface area contributed by atoms with Crippen LogP contribution in [0.15, 0.2) is 67.1 Å². The van der Waals surface area contributed by atoms with E-state index < -0.39 is 0 Å².